The van der Waals surface area contributed by atoms with Gasteiger partial charge in [-0.3, -0.25) is 0 Å². The molecule has 0 spiro atoms. The van der Waals surface area contributed by atoms with E-state index in [1.807, 2.05) is 36.4 Å². The van der Waals surface area contributed by atoms with E-state index in [-0.39, 0.29) is 5.57 Å². The molecule has 0 bridgehead atoms. The third-order valence-corrected chi connectivity index (χ3v) is 4.07. The van der Waals surface area contributed by atoms with Crippen molar-refractivity contribution in [3.05, 3.63) is 71.8 Å². The van der Waals surface area contributed by atoms with Crippen LogP contribution in [0.4, 0.5) is 0 Å². The maximum absolute atomic E-state index is 11.4. The largest absolute Gasteiger partial charge is 0.478 e. The molecule has 0 heterocycles. The number of carboxylic acids is 1. The van der Waals surface area contributed by atoms with Crippen LogP contribution in [0.2, 0.25) is 0 Å². The summed E-state index contributed by atoms with van der Waals surface area (Å²) in [6.07, 6.45) is 1.93. The summed E-state index contributed by atoms with van der Waals surface area (Å²) in [5, 5.41) is 13.7. The minimum absolute atomic E-state index is 0.142. The van der Waals surface area contributed by atoms with Gasteiger partial charge >= 0.3 is 5.97 Å². The highest BCUT2D eigenvalue weighted by Crippen LogP contribution is 2.43. The minimum atomic E-state index is -0.977. The molecule has 3 aromatic carbocycles. The molecular weight excluding hydrogens is 260 g/mol. The van der Waals surface area contributed by atoms with Crippen LogP contribution in [0.25, 0.3) is 33.2 Å². The highest BCUT2D eigenvalue weighted by Gasteiger charge is 2.23. The normalized spacial score (nSPS) is 12.7. The average molecular weight is 272 g/mol. The molecule has 1 aliphatic rings. The first-order valence-corrected chi connectivity index (χ1v) is 6.76. The Morgan fingerprint density at radius 3 is 2.57 bits per heavy atom. The Morgan fingerprint density at radius 1 is 1.00 bits per heavy atom. The van der Waals surface area contributed by atoms with Gasteiger partial charge in [0.05, 0.1) is 5.57 Å². The highest BCUT2D eigenvalue weighted by atomic mass is 16.4. The molecule has 0 saturated heterocycles. The molecule has 0 aromatic heterocycles. The summed E-state index contributed by atoms with van der Waals surface area (Å²) in [5.41, 5.74) is 2.91. The topological polar surface area (TPSA) is 37.3 Å². The van der Waals surface area contributed by atoms with Crippen LogP contribution in [0.15, 0.2) is 60.7 Å². The van der Waals surface area contributed by atoms with Crippen LogP contribution in [-0.4, -0.2) is 11.1 Å². The molecule has 0 fully saturated rings. The van der Waals surface area contributed by atoms with Gasteiger partial charge in [-0.1, -0.05) is 49.0 Å². The van der Waals surface area contributed by atoms with Gasteiger partial charge < -0.3 is 5.11 Å². The third-order valence-electron chi connectivity index (χ3n) is 4.07. The molecule has 0 saturated carbocycles. The van der Waals surface area contributed by atoms with E-state index in [1.54, 1.807) is 0 Å². The van der Waals surface area contributed by atoms with E-state index in [9.17, 15) is 9.90 Å². The summed E-state index contributed by atoms with van der Waals surface area (Å²) in [6.45, 7) is 3.75. The maximum Gasteiger partial charge on any atom is 0.335 e. The number of rotatable bonds is 2. The highest BCUT2D eigenvalue weighted by molar-refractivity contribution is 6.24. The molecule has 0 amide bonds. The average Bonchev–Trinajstić information content (AvgIpc) is 2.88. The first kappa shape index (κ1) is 11.9. The summed E-state index contributed by atoms with van der Waals surface area (Å²) < 4.78 is 0. The van der Waals surface area contributed by atoms with Gasteiger partial charge in [-0.25, -0.2) is 4.79 Å². The number of carboxylic acid groups (broad SMARTS) is 1. The molecule has 0 unspecified atom stereocenters. The Labute approximate surface area is 121 Å². The van der Waals surface area contributed by atoms with E-state index >= 15 is 0 Å². The number of benzene rings is 3. The second-order valence-electron chi connectivity index (χ2n) is 5.26. The Bertz CT molecular complexity index is 977. The van der Waals surface area contributed by atoms with E-state index < -0.39 is 5.97 Å². The summed E-state index contributed by atoms with van der Waals surface area (Å²) in [5.74, 6) is -0.977. The van der Waals surface area contributed by atoms with Crippen molar-refractivity contribution in [2.75, 3.05) is 0 Å². The Kier molecular flexibility index (Phi) is 2.30. The third kappa shape index (κ3) is 1.56. The van der Waals surface area contributed by atoms with Crippen LogP contribution < -0.4 is 0 Å². The van der Waals surface area contributed by atoms with Crippen LogP contribution >= 0.6 is 0 Å². The van der Waals surface area contributed by atoms with E-state index in [4.69, 9.17) is 0 Å². The van der Waals surface area contributed by atoms with Gasteiger partial charge in [0, 0.05) is 0 Å². The molecule has 21 heavy (non-hydrogen) atoms. The molecule has 0 radical (unpaired) electrons. The van der Waals surface area contributed by atoms with Crippen molar-refractivity contribution in [3.8, 4) is 0 Å². The zero-order chi connectivity index (χ0) is 14.6. The van der Waals surface area contributed by atoms with Gasteiger partial charge in [-0.05, 0) is 50.4 Å². The van der Waals surface area contributed by atoms with Crippen molar-refractivity contribution in [1.29, 1.82) is 0 Å². The summed E-state index contributed by atoms with van der Waals surface area (Å²) >= 11 is 0. The molecule has 1 N–H and O–H groups in total. The molecule has 0 aliphatic heterocycles. The van der Waals surface area contributed by atoms with Gasteiger partial charge in [-0.2, -0.15) is 0 Å². The van der Waals surface area contributed by atoms with E-state index in [2.05, 4.69) is 24.8 Å². The van der Waals surface area contributed by atoms with Crippen LogP contribution in [0.3, 0.4) is 0 Å². The van der Waals surface area contributed by atoms with Crippen molar-refractivity contribution in [1.82, 2.24) is 0 Å². The second kappa shape index (κ2) is 4.06. The van der Waals surface area contributed by atoms with Gasteiger partial charge in [0.1, 0.15) is 0 Å². The van der Waals surface area contributed by atoms with Gasteiger partial charge in [0.15, 0.2) is 0 Å². The molecule has 1 aliphatic carbocycles. The first-order chi connectivity index (χ1) is 10.2. The lowest BCUT2D eigenvalue weighted by molar-refractivity contribution is -0.132. The SMILES string of the molecule is C=C(C(=O)O)C1=Cc2cccc3cc4ccccc4c1c23. The van der Waals surface area contributed by atoms with Gasteiger partial charge in [-0.15, -0.1) is 0 Å². The predicted molar refractivity (Wildman–Crippen MR) is 86.1 cm³/mol. The molecule has 2 heteroatoms. The van der Waals surface area contributed by atoms with Crippen LogP contribution in [0.1, 0.15) is 11.1 Å². The van der Waals surface area contributed by atoms with Crippen LogP contribution in [0, 0.1) is 0 Å². The maximum atomic E-state index is 11.4. The monoisotopic (exact) mass is 272 g/mol. The fraction of sp³-hybridized carbons (Fsp3) is 0. The molecule has 4 rings (SSSR count). The lowest BCUT2D eigenvalue weighted by Gasteiger charge is -2.11. The molecule has 100 valence electrons. The molecular formula is C19H12O2. The summed E-state index contributed by atoms with van der Waals surface area (Å²) in [4.78, 5) is 11.4. The van der Waals surface area contributed by atoms with E-state index in [0.29, 0.717) is 5.57 Å². The Hall–Kier alpha value is -2.87. The van der Waals surface area contributed by atoms with Gasteiger partial charge in [0.25, 0.3) is 0 Å². The van der Waals surface area contributed by atoms with Crippen molar-refractivity contribution in [2.45, 2.75) is 0 Å². The number of hydrogen-bond donors (Lipinski definition) is 1. The number of aliphatic carboxylic acids is 1. The van der Waals surface area contributed by atoms with Crippen molar-refractivity contribution in [2.24, 2.45) is 0 Å². The molecule has 2 nitrogen and oxygen atoms in total. The Morgan fingerprint density at radius 2 is 1.76 bits per heavy atom. The summed E-state index contributed by atoms with van der Waals surface area (Å²) in [6, 6.07) is 16.3. The minimum Gasteiger partial charge on any atom is -0.478 e. The first-order valence-electron chi connectivity index (χ1n) is 6.76. The van der Waals surface area contributed by atoms with E-state index in [1.165, 1.54) is 0 Å². The van der Waals surface area contributed by atoms with Crippen LogP contribution in [0.5, 0.6) is 0 Å². The lowest BCUT2D eigenvalue weighted by atomic mass is 9.92. The number of fused-ring (bicyclic) bond motifs is 2. The number of hydrogen-bond acceptors (Lipinski definition) is 1. The fourth-order valence-corrected chi connectivity index (χ4v) is 3.13. The zero-order valence-corrected chi connectivity index (χ0v) is 11.3. The Balaban J connectivity index is 2.19. The lowest BCUT2D eigenvalue weighted by Crippen LogP contribution is -2.00. The van der Waals surface area contributed by atoms with E-state index in [0.717, 1.165) is 32.7 Å². The van der Waals surface area contributed by atoms with Crippen LogP contribution in [-0.2, 0) is 4.79 Å². The summed E-state index contributed by atoms with van der Waals surface area (Å²) in [7, 11) is 0. The standard InChI is InChI=1S/C19H12O2/c1-11(19(20)21)16-10-14-7-4-6-13-9-12-5-2-3-8-15(12)18(16)17(13)14/h2-10H,1H2,(H,20,21). The molecule has 0 atom stereocenters. The van der Waals surface area contributed by atoms with Crippen molar-refractivity contribution >= 4 is 39.2 Å². The van der Waals surface area contributed by atoms with Gasteiger partial charge in [0.2, 0.25) is 0 Å². The quantitative estimate of drug-likeness (QED) is 0.551. The van der Waals surface area contributed by atoms with Crippen molar-refractivity contribution in [3.63, 3.8) is 0 Å². The smallest absolute Gasteiger partial charge is 0.335 e. The number of carbonyl (C=O) groups is 1. The fourth-order valence-electron chi connectivity index (χ4n) is 3.13. The van der Waals surface area contributed by atoms with Crippen molar-refractivity contribution < 1.29 is 9.90 Å². The second-order valence-corrected chi connectivity index (χ2v) is 5.26. The predicted octanol–water partition coefficient (Wildman–Crippen LogP) is 4.49. The molecule has 3 aromatic rings. The zero-order valence-electron chi connectivity index (χ0n) is 11.3.